The maximum Gasteiger partial charge on any atom is 0.311 e. The van der Waals surface area contributed by atoms with Gasteiger partial charge in [-0.15, -0.1) is 0 Å². The molecule has 1 aromatic carbocycles. The van der Waals surface area contributed by atoms with E-state index in [1.54, 1.807) is 18.2 Å². The van der Waals surface area contributed by atoms with Crippen LogP contribution >= 0.6 is 0 Å². The Morgan fingerprint density at radius 3 is 3.00 bits per heavy atom. The fourth-order valence-electron chi connectivity index (χ4n) is 2.21. The van der Waals surface area contributed by atoms with E-state index in [2.05, 4.69) is 5.32 Å². The molecule has 2 N–H and O–H groups in total. The Kier molecular flexibility index (Phi) is 4.59. The first-order chi connectivity index (χ1) is 8.75. The number of aromatic hydroxyl groups is 1. The number of ether oxygens (including phenoxy) is 1. The Morgan fingerprint density at radius 2 is 2.28 bits per heavy atom. The van der Waals surface area contributed by atoms with Crippen molar-refractivity contribution in [1.82, 2.24) is 5.32 Å². The number of piperidine rings is 1. The summed E-state index contributed by atoms with van der Waals surface area (Å²) in [5.41, 5.74) is 0. The van der Waals surface area contributed by atoms with E-state index in [0.29, 0.717) is 12.3 Å². The van der Waals surface area contributed by atoms with Gasteiger partial charge < -0.3 is 15.2 Å². The van der Waals surface area contributed by atoms with Gasteiger partial charge in [-0.25, -0.2) is 0 Å². The Balaban J connectivity index is 1.76. The standard InChI is InChI=1S/C14H19NO3/c16-12-5-1-2-6-13(12)18-14(17)8-7-11-4-3-9-15-10-11/h1-2,5-6,11,15-16H,3-4,7-10H2. The number of nitrogens with one attached hydrogen (secondary N) is 1. The Hall–Kier alpha value is -1.55. The average molecular weight is 249 g/mol. The summed E-state index contributed by atoms with van der Waals surface area (Å²) in [4.78, 5) is 11.7. The molecular formula is C14H19NO3. The summed E-state index contributed by atoms with van der Waals surface area (Å²) in [6, 6.07) is 6.52. The Labute approximate surface area is 107 Å². The van der Waals surface area contributed by atoms with E-state index in [1.165, 1.54) is 18.9 Å². The molecule has 98 valence electrons. The van der Waals surface area contributed by atoms with Crippen molar-refractivity contribution in [3.05, 3.63) is 24.3 Å². The molecule has 18 heavy (non-hydrogen) atoms. The lowest BCUT2D eigenvalue weighted by Gasteiger charge is -2.22. The van der Waals surface area contributed by atoms with Crippen molar-refractivity contribution in [2.45, 2.75) is 25.7 Å². The minimum atomic E-state index is -0.276. The minimum absolute atomic E-state index is 0.00480. The van der Waals surface area contributed by atoms with Crippen LogP contribution in [0.1, 0.15) is 25.7 Å². The predicted molar refractivity (Wildman–Crippen MR) is 68.6 cm³/mol. The second-order valence-electron chi connectivity index (χ2n) is 4.69. The zero-order chi connectivity index (χ0) is 12.8. The molecule has 0 saturated carbocycles. The monoisotopic (exact) mass is 249 g/mol. The summed E-state index contributed by atoms with van der Waals surface area (Å²) in [6.45, 7) is 2.07. The quantitative estimate of drug-likeness (QED) is 0.633. The van der Waals surface area contributed by atoms with Crippen LogP contribution in [-0.4, -0.2) is 24.2 Å². The van der Waals surface area contributed by atoms with Crippen molar-refractivity contribution in [1.29, 1.82) is 0 Å². The number of carbonyl (C=O) groups excluding carboxylic acids is 1. The molecule has 0 amide bonds. The van der Waals surface area contributed by atoms with Gasteiger partial charge in [0.1, 0.15) is 0 Å². The summed E-state index contributed by atoms with van der Waals surface area (Å²) >= 11 is 0. The third-order valence-corrected chi connectivity index (χ3v) is 3.24. The van der Waals surface area contributed by atoms with Crippen LogP contribution in [0.25, 0.3) is 0 Å². The van der Waals surface area contributed by atoms with E-state index in [-0.39, 0.29) is 17.5 Å². The molecule has 0 bridgehead atoms. The van der Waals surface area contributed by atoms with Gasteiger partial charge in [0.25, 0.3) is 0 Å². The van der Waals surface area contributed by atoms with E-state index < -0.39 is 0 Å². The van der Waals surface area contributed by atoms with Crippen molar-refractivity contribution in [3.63, 3.8) is 0 Å². The van der Waals surface area contributed by atoms with Gasteiger partial charge in [0.15, 0.2) is 11.5 Å². The second-order valence-corrected chi connectivity index (χ2v) is 4.69. The number of benzene rings is 1. The van der Waals surface area contributed by atoms with E-state index >= 15 is 0 Å². The SMILES string of the molecule is O=C(CCC1CCCNC1)Oc1ccccc1O. The summed E-state index contributed by atoms with van der Waals surface area (Å²) in [5.74, 6) is 0.534. The summed E-state index contributed by atoms with van der Waals surface area (Å²) in [7, 11) is 0. The summed E-state index contributed by atoms with van der Waals surface area (Å²) in [6.07, 6.45) is 3.61. The molecule has 2 rings (SSSR count). The number of hydrogen-bond donors (Lipinski definition) is 2. The first-order valence-corrected chi connectivity index (χ1v) is 6.45. The van der Waals surface area contributed by atoms with Crippen molar-refractivity contribution >= 4 is 5.97 Å². The lowest BCUT2D eigenvalue weighted by Crippen LogP contribution is -2.30. The molecule has 1 fully saturated rings. The molecule has 0 aliphatic carbocycles. The van der Waals surface area contributed by atoms with Crippen molar-refractivity contribution < 1.29 is 14.6 Å². The van der Waals surface area contributed by atoms with E-state index in [1.807, 2.05) is 0 Å². The third kappa shape index (κ3) is 3.74. The number of phenolic OH excluding ortho intramolecular Hbond substituents is 1. The molecule has 4 nitrogen and oxygen atoms in total. The van der Waals surface area contributed by atoms with Gasteiger partial charge in [-0.2, -0.15) is 0 Å². The van der Waals surface area contributed by atoms with Gasteiger partial charge in [0.05, 0.1) is 0 Å². The van der Waals surface area contributed by atoms with Gasteiger partial charge >= 0.3 is 5.97 Å². The maximum atomic E-state index is 11.7. The van der Waals surface area contributed by atoms with Crippen LogP contribution in [0.5, 0.6) is 11.5 Å². The van der Waals surface area contributed by atoms with E-state index in [0.717, 1.165) is 19.5 Å². The highest BCUT2D eigenvalue weighted by Gasteiger charge is 2.15. The van der Waals surface area contributed by atoms with Crippen LogP contribution in [0.15, 0.2) is 24.3 Å². The number of hydrogen-bond acceptors (Lipinski definition) is 4. The van der Waals surface area contributed by atoms with Crippen LogP contribution in [0.3, 0.4) is 0 Å². The third-order valence-electron chi connectivity index (χ3n) is 3.24. The largest absolute Gasteiger partial charge is 0.504 e. The molecule has 1 heterocycles. The number of carbonyl (C=O) groups is 1. The lowest BCUT2D eigenvalue weighted by atomic mass is 9.95. The smallest absolute Gasteiger partial charge is 0.311 e. The topological polar surface area (TPSA) is 58.6 Å². The first kappa shape index (κ1) is 12.9. The molecule has 1 aromatic rings. The number of para-hydroxylation sites is 2. The lowest BCUT2D eigenvalue weighted by molar-refractivity contribution is -0.134. The summed E-state index contributed by atoms with van der Waals surface area (Å²) in [5, 5.41) is 12.8. The molecule has 1 saturated heterocycles. The van der Waals surface area contributed by atoms with Crippen molar-refractivity contribution in [3.8, 4) is 11.5 Å². The molecule has 1 atom stereocenters. The highest BCUT2D eigenvalue weighted by atomic mass is 16.5. The minimum Gasteiger partial charge on any atom is -0.504 e. The Bertz CT molecular complexity index is 400. The number of esters is 1. The predicted octanol–water partition coefficient (Wildman–Crippen LogP) is 2.08. The highest BCUT2D eigenvalue weighted by molar-refractivity contribution is 5.73. The molecular weight excluding hydrogens is 230 g/mol. The average Bonchev–Trinajstić information content (AvgIpc) is 2.40. The normalized spacial score (nSPS) is 19.4. The molecule has 0 spiro atoms. The highest BCUT2D eigenvalue weighted by Crippen LogP contribution is 2.25. The molecule has 1 aliphatic heterocycles. The van der Waals surface area contributed by atoms with Gasteiger partial charge in [-0.1, -0.05) is 12.1 Å². The van der Waals surface area contributed by atoms with Crippen LogP contribution in [0.2, 0.25) is 0 Å². The van der Waals surface area contributed by atoms with Gasteiger partial charge in [-0.3, -0.25) is 4.79 Å². The van der Waals surface area contributed by atoms with Crippen LogP contribution in [0, 0.1) is 5.92 Å². The molecule has 1 aliphatic rings. The molecule has 1 unspecified atom stereocenters. The maximum absolute atomic E-state index is 11.7. The molecule has 0 aromatic heterocycles. The van der Waals surface area contributed by atoms with Crippen molar-refractivity contribution in [2.24, 2.45) is 5.92 Å². The van der Waals surface area contributed by atoms with Gasteiger partial charge in [0, 0.05) is 6.42 Å². The van der Waals surface area contributed by atoms with Crippen molar-refractivity contribution in [2.75, 3.05) is 13.1 Å². The second kappa shape index (κ2) is 6.40. The van der Waals surface area contributed by atoms with E-state index in [4.69, 9.17) is 4.74 Å². The number of phenols is 1. The van der Waals surface area contributed by atoms with Crippen LogP contribution < -0.4 is 10.1 Å². The zero-order valence-corrected chi connectivity index (χ0v) is 10.4. The summed E-state index contributed by atoms with van der Waals surface area (Å²) < 4.78 is 5.13. The first-order valence-electron chi connectivity index (χ1n) is 6.45. The van der Waals surface area contributed by atoms with Crippen LogP contribution in [-0.2, 0) is 4.79 Å². The fraction of sp³-hybridized carbons (Fsp3) is 0.500. The van der Waals surface area contributed by atoms with Gasteiger partial charge in [0.2, 0.25) is 0 Å². The Morgan fingerprint density at radius 1 is 1.44 bits per heavy atom. The zero-order valence-electron chi connectivity index (χ0n) is 10.4. The molecule has 4 heteroatoms. The van der Waals surface area contributed by atoms with Gasteiger partial charge in [-0.05, 0) is 50.4 Å². The fourth-order valence-corrected chi connectivity index (χ4v) is 2.21. The number of rotatable bonds is 4. The molecule has 0 radical (unpaired) electrons. The van der Waals surface area contributed by atoms with Crippen LogP contribution in [0.4, 0.5) is 0 Å². The van der Waals surface area contributed by atoms with E-state index in [9.17, 15) is 9.90 Å².